The number of hydrogen-bond donors (Lipinski definition) is 1. The minimum atomic E-state index is -0.416. The van der Waals surface area contributed by atoms with Crippen LogP contribution in [0.1, 0.15) is 30.6 Å². The monoisotopic (exact) mass is 279 g/mol. The lowest BCUT2D eigenvalue weighted by Crippen LogP contribution is -2.26. The Bertz CT molecular complexity index is 566. The van der Waals surface area contributed by atoms with Crippen molar-refractivity contribution in [1.82, 2.24) is 14.9 Å². The number of halogens is 2. The van der Waals surface area contributed by atoms with E-state index in [9.17, 15) is 8.78 Å². The molecule has 0 amide bonds. The normalized spacial score (nSPS) is 12.6. The lowest BCUT2D eigenvalue weighted by Gasteiger charge is -2.19. The van der Waals surface area contributed by atoms with Gasteiger partial charge in [0.25, 0.3) is 0 Å². The molecule has 0 bridgehead atoms. The van der Waals surface area contributed by atoms with Crippen LogP contribution in [0.3, 0.4) is 0 Å². The van der Waals surface area contributed by atoms with Crippen molar-refractivity contribution in [3.05, 3.63) is 53.6 Å². The van der Waals surface area contributed by atoms with E-state index < -0.39 is 5.82 Å². The Morgan fingerprint density at radius 3 is 2.80 bits per heavy atom. The SMILES string of the molecule is CCCNC(Cc1cc(F)ccc1F)c1cncn1C. The molecular formula is C15H19F2N3. The van der Waals surface area contributed by atoms with E-state index in [1.54, 1.807) is 12.5 Å². The molecule has 0 fully saturated rings. The van der Waals surface area contributed by atoms with Crippen molar-refractivity contribution in [1.29, 1.82) is 0 Å². The molecule has 108 valence electrons. The molecule has 2 rings (SSSR count). The van der Waals surface area contributed by atoms with Crippen molar-refractivity contribution in [3.63, 3.8) is 0 Å². The Morgan fingerprint density at radius 2 is 2.15 bits per heavy atom. The fourth-order valence-electron chi connectivity index (χ4n) is 2.22. The van der Waals surface area contributed by atoms with Crippen LogP contribution >= 0.6 is 0 Å². The van der Waals surface area contributed by atoms with Crippen LogP contribution in [0.15, 0.2) is 30.7 Å². The van der Waals surface area contributed by atoms with Crippen LogP contribution in [0.25, 0.3) is 0 Å². The molecule has 0 saturated carbocycles. The van der Waals surface area contributed by atoms with Crippen molar-refractivity contribution < 1.29 is 8.78 Å². The van der Waals surface area contributed by atoms with E-state index >= 15 is 0 Å². The van der Waals surface area contributed by atoms with Crippen molar-refractivity contribution in [2.45, 2.75) is 25.8 Å². The summed E-state index contributed by atoms with van der Waals surface area (Å²) in [5, 5.41) is 3.36. The van der Waals surface area contributed by atoms with Crippen molar-refractivity contribution in [3.8, 4) is 0 Å². The zero-order chi connectivity index (χ0) is 14.5. The van der Waals surface area contributed by atoms with Crippen molar-refractivity contribution in [2.75, 3.05) is 6.54 Å². The van der Waals surface area contributed by atoms with Crippen LogP contribution in [0.5, 0.6) is 0 Å². The first-order chi connectivity index (χ1) is 9.61. The average molecular weight is 279 g/mol. The molecule has 1 N–H and O–H groups in total. The summed E-state index contributed by atoms with van der Waals surface area (Å²) in [6, 6.07) is 3.48. The number of benzene rings is 1. The maximum atomic E-state index is 13.8. The van der Waals surface area contributed by atoms with Gasteiger partial charge in [-0.25, -0.2) is 13.8 Å². The van der Waals surface area contributed by atoms with Gasteiger partial charge in [0.15, 0.2) is 0 Å². The van der Waals surface area contributed by atoms with Crippen LogP contribution in [0.2, 0.25) is 0 Å². The quantitative estimate of drug-likeness (QED) is 0.881. The Hall–Kier alpha value is -1.75. The van der Waals surface area contributed by atoms with Crippen LogP contribution in [-0.4, -0.2) is 16.1 Å². The fourth-order valence-corrected chi connectivity index (χ4v) is 2.22. The number of rotatable bonds is 6. The topological polar surface area (TPSA) is 29.9 Å². The molecule has 1 atom stereocenters. The first-order valence-electron chi connectivity index (χ1n) is 6.75. The number of imidazole rings is 1. The molecule has 0 aliphatic heterocycles. The maximum Gasteiger partial charge on any atom is 0.126 e. The fraction of sp³-hybridized carbons (Fsp3) is 0.400. The van der Waals surface area contributed by atoms with Gasteiger partial charge in [-0.3, -0.25) is 0 Å². The summed E-state index contributed by atoms with van der Waals surface area (Å²) < 4.78 is 28.9. The molecule has 0 aliphatic carbocycles. The van der Waals surface area contributed by atoms with E-state index in [0.29, 0.717) is 12.0 Å². The number of hydrogen-bond acceptors (Lipinski definition) is 2. The van der Waals surface area contributed by atoms with Crippen LogP contribution in [0.4, 0.5) is 8.78 Å². The van der Waals surface area contributed by atoms with Gasteiger partial charge >= 0.3 is 0 Å². The predicted molar refractivity (Wildman–Crippen MR) is 74.3 cm³/mol. The van der Waals surface area contributed by atoms with Crippen molar-refractivity contribution >= 4 is 0 Å². The molecular weight excluding hydrogens is 260 g/mol. The smallest absolute Gasteiger partial charge is 0.126 e. The summed E-state index contributed by atoms with van der Waals surface area (Å²) in [5.41, 5.74) is 1.34. The molecule has 20 heavy (non-hydrogen) atoms. The molecule has 2 aromatic rings. The van der Waals surface area contributed by atoms with E-state index in [1.165, 1.54) is 12.1 Å². The summed E-state index contributed by atoms with van der Waals surface area (Å²) in [5.74, 6) is -0.794. The minimum Gasteiger partial charge on any atom is -0.336 e. The summed E-state index contributed by atoms with van der Waals surface area (Å²) in [4.78, 5) is 4.09. The number of nitrogens with zero attached hydrogens (tertiary/aromatic N) is 2. The number of nitrogens with one attached hydrogen (secondary N) is 1. The summed E-state index contributed by atoms with van der Waals surface area (Å²) >= 11 is 0. The lowest BCUT2D eigenvalue weighted by molar-refractivity contribution is 0.489. The molecule has 1 aromatic heterocycles. The molecule has 3 nitrogen and oxygen atoms in total. The average Bonchev–Trinajstić information content (AvgIpc) is 2.84. The highest BCUT2D eigenvalue weighted by atomic mass is 19.1. The second kappa shape index (κ2) is 6.61. The predicted octanol–water partition coefficient (Wildman–Crippen LogP) is 2.98. The third kappa shape index (κ3) is 3.42. The highest BCUT2D eigenvalue weighted by Crippen LogP contribution is 2.20. The largest absolute Gasteiger partial charge is 0.336 e. The zero-order valence-corrected chi connectivity index (χ0v) is 11.7. The van der Waals surface area contributed by atoms with Gasteiger partial charge in [-0.05, 0) is 43.1 Å². The van der Waals surface area contributed by atoms with E-state index in [4.69, 9.17) is 0 Å². The number of aryl methyl sites for hydroxylation is 1. The molecule has 0 aliphatic rings. The molecule has 5 heteroatoms. The third-order valence-corrected chi connectivity index (χ3v) is 3.28. The first kappa shape index (κ1) is 14.7. The second-order valence-corrected chi connectivity index (χ2v) is 4.88. The minimum absolute atomic E-state index is 0.0845. The van der Waals surface area contributed by atoms with Crippen LogP contribution < -0.4 is 5.32 Å². The van der Waals surface area contributed by atoms with Gasteiger partial charge in [0.1, 0.15) is 11.6 Å². The molecule has 0 radical (unpaired) electrons. The van der Waals surface area contributed by atoms with E-state index in [-0.39, 0.29) is 11.9 Å². The Labute approximate surface area is 117 Å². The summed E-state index contributed by atoms with van der Waals surface area (Å²) in [6.45, 7) is 2.88. The van der Waals surface area contributed by atoms with E-state index in [0.717, 1.165) is 24.7 Å². The van der Waals surface area contributed by atoms with Gasteiger partial charge in [0.05, 0.1) is 18.1 Å². The third-order valence-electron chi connectivity index (χ3n) is 3.28. The molecule has 1 aromatic carbocycles. The highest BCUT2D eigenvalue weighted by Gasteiger charge is 2.17. The molecule has 0 spiro atoms. The molecule has 1 unspecified atom stereocenters. The van der Waals surface area contributed by atoms with E-state index in [2.05, 4.69) is 17.2 Å². The van der Waals surface area contributed by atoms with Gasteiger partial charge in [0.2, 0.25) is 0 Å². The molecule has 1 heterocycles. The Balaban J connectivity index is 2.23. The van der Waals surface area contributed by atoms with Gasteiger partial charge in [0, 0.05) is 13.2 Å². The van der Waals surface area contributed by atoms with Gasteiger partial charge in [-0.15, -0.1) is 0 Å². The standard InChI is InChI=1S/C15H19F2N3/c1-3-6-19-14(15-9-18-10-20(15)2)8-11-7-12(16)4-5-13(11)17/h4-5,7,9-10,14,19H,3,6,8H2,1-2H3. The van der Waals surface area contributed by atoms with Gasteiger partial charge in [-0.2, -0.15) is 0 Å². The second-order valence-electron chi connectivity index (χ2n) is 4.88. The van der Waals surface area contributed by atoms with Crippen LogP contribution in [0, 0.1) is 11.6 Å². The van der Waals surface area contributed by atoms with Gasteiger partial charge in [-0.1, -0.05) is 6.92 Å². The van der Waals surface area contributed by atoms with Crippen molar-refractivity contribution in [2.24, 2.45) is 7.05 Å². The van der Waals surface area contributed by atoms with Gasteiger partial charge < -0.3 is 9.88 Å². The first-order valence-corrected chi connectivity index (χ1v) is 6.75. The maximum absolute atomic E-state index is 13.8. The highest BCUT2D eigenvalue weighted by molar-refractivity contribution is 5.22. The summed E-state index contributed by atoms with van der Waals surface area (Å²) in [7, 11) is 1.89. The molecule has 0 saturated heterocycles. The summed E-state index contributed by atoms with van der Waals surface area (Å²) in [6.07, 6.45) is 4.82. The zero-order valence-electron chi connectivity index (χ0n) is 11.7. The van der Waals surface area contributed by atoms with Crippen LogP contribution in [-0.2, 0) is 13.5 Å². The van der Waals surface area contributed by atoms with E-state index in [1.807, 2.05) is 11.6 Å². The Morgan fingerprint density at radius 1 is 1.35 bits per heavy atom. The Kier molecular flexibility index (Phi) is 4.84. The number of aromatic nitrogens is 2. The lowest BCUT2D eigenvalue weighted by atomic mass is 10.0.